The molecule has 1 aromatic carbocycles. The first-order valence-corrected chi connectivity index (χ1v) is 8.74. The van der Waals surface area contributed by atoms with Crippen LogP contribution in [-0.2, 0) is 4.79 Å². The molecule has 0 aliphatic rings. The van der Waals surface area contributed by atoms with Crippen molar-refractivity contribution in [3.05, 3.63) is 59.8 Å². The lowest BCUT2D eigenvalue weighted by molar-refractivity contribution is -0.111. The zero-order valence-corrected chi connectivity index (χ0v) is 14.9. The summed E-state index contributed by atoms with van der Waals surface area (Å²) in [6.07, 6.45) is 4.63. The van der Waals surface area contributed by atoms with E-state index in [-0.39, 0.29) is 5.91 Å². The molecule has 0 saturated carbocycles. The summed E-state index contributed by atoms with van der Waals surface area (Å²) in [5.74, 6) is 1.14. The van der Waals surface area contributed by atoms with Crippen molar-refractivity contribution in [1.29, 1.82) is 0 Å². The molecule has 3 aromatic heterocycles. The third-order valence-corrected chi connectivity index (χ3v) is 4.78. The number of carbonyl (C=O) groups excluding carboxylic acids is 1. The van der Waals surface area contributed by atoms with Crippen LogP contribution in [0.25, 0.3) is 21.6 Å². The lowest BCUT2D eigenvalue weighted by atomic mass is 10.1. The number of rotatable bonds is 4. The molecule has 0 atom stereocenters. The van der Waals surface area contributed by atoms with Gasteiger partial charge in [-0.25, -0.2) is 0 Å². The monoisotopic (exact) mass is 365 g/mol. The summed E-state index contributed by atoms with van der Waals surface area (Å²) in [5, 5.41) is 16.3. The first-order chi connectivity index (χ1) is 12.6. The Balaban J connectivity index is 1.58. The SMILES string of the molecule is Cc1ccc(-c2nn3c(C)nnc3s2)cc1NC(=O)/C=C/c1ccco1. The Morgan fingerprint density at radius 2 is 2.15 bits per heavy atom. The molecule has 0 aliphatic heterocycles. The zero-order valence-electron chi connectivity index (χ0n) is 14.1. The summed E-state index contributed by atoms with van der Waals surface area (Å²) >= 11 is 1.45. The molecule has 26 heavy (non-hydrogen) atoms. The third kappa shape index (κ3) is 3.14. The molecule has 0 spiro atoms. The molecule has 0 aliphatic carbocycles. The van der Waals surface area contributed by atoms with Gasteiger partial charge in [0.15, 0.2) is 5.82 Å². The van der Waals surface area contributed by atoms with E-state index in [0.717, 1.165) is 32.6 Å². The highest BCUT2D eigenvalue weighted by Gasteiger charge is 2.12. The van der Waals surface area contributed by atoms with Gasteiger partial charge in [0.2, 0.25) is 10.9 Å². The van der Waals surface area contributed by atoms with Gasteiger partial charge in [0, 0.05) is 17.3 Å². The molecule has 0 fully saturated rings. The van der Waals surface area contributed by atoms with Gasteiger partial charge in [0.1, 0.15) is 10.8 Å². The van der Waals surface area contributed by atoms with Gasteiger partial charge in [-0.15, -0.1) is 10.2 Å². The van der Waals surface area contributed by atoms with Crippen molar-refractivity contribution < 1.29 is 9.21 Å². The summed E-state index contributed by atoms with van der Waals surface area (Å²) in [6.45, 7) is 3.80. The second-order valence-corrected chi connectivity index (χ2v) is 6.67. The van der Waals surface area contributed by atoms with Gasteiger partial charge in [-0.05, 0) is 43.7 Å². The van der Waals surface area contributed by atoms with E-state index in [1.165, 1.54) is 17.4 Å². The first kappa shape index (κ1) is 16.2. The lowest BCUT2D eigenvalue weighted by Crippen LogP contribution is -2.09. The minimum atomic E-state index is -0.226. The molecule has 3 heterocycles. The highest BCUT2D eigenvalue weighted by molar-refractivity contribution is 7.19. The Morgan fingerprint density at radius 3 is 2.92 bits per heavy atom. The van der Waals surface area contributed by atoms with Crippen molar-refractivity contribution in [3.63, 3.8) is 0 Å². The summed E-state index contributed by atoms with van der Waals surface area (Å²) < 4.78 is 6.89. The van der Waals surface area contributed by atoms with Crippen LogP contribution >= 0.6 is 11.3 Å². The molecular formula is C18H15N5O2S. The molecule has 0 unspecified atom stereocenters. The Hall–Kier alpha value is -3.26. The number of hydrogen-bond acceptors (Lipinski definition) is 6. The molecule has 1 amide bonds. The molecule has 7 nitrogen and oxygen atoms in total. The van der Waals surface area contributed by atoms with Crippen LogP contribution in [0.4, 0.5) is 5.69 Å². The number of anilines is 1. The van der Waals surface area contributed by atoms with Crippen LogP contribution < -0.4 is 5.32 Å². The minimum Gasteiger partial charge on any atom is -0.465 e. The number of nitrogens with one attached hydrogen (secondary N) is 1. The number of furan rings is 1. The number of hydrogen-bond donors (Lipinski definition) is 1. The lowest BCUT2D eigenvalue weighted by Gasteiger charge is -2.08. The highest BCUT2D eigenvalue weighted by atomic mass is 32.1. The summed E-state index contributed by atoms with van der Waals surface area (Å²) in [6, 6.07) is 9.40. The number of aryl methyl sites for hydroxylation is 2. The number of fused-ring (bicyclic) bond motifs is 1. The predicted molar refractivity (Wildman–Crippen MR) is 99.9 cm³/mol. The molecule has 0 radical (unpaired) electrons. The van der Waals surface area contributed by atoms with Gasteiger partial charge in [-0.2, -0.15) is 9.61 Å². The van der Waals surface area contributed by atoms with E-state index in [2.05, 4.69) is 20.6 Å². The van der Waals surface area contributed by atoms with Gasteiger partial charge < -0.3 is 9.73 Å². The Labute approximate surface area is 153 Å². The van der Waals surface area contributed by atoms with Crippen molar-refractivity contribution in [2.75, 3.05) is 5.32 Å². The molecule has 4 rings (SSSR count). The molecule has 0 bridgehead atoms. The Bertz CT molecular complexity index is 1110. The van der Waals surface area contributed by atoms with E-state index in [9.17, 15) is 4.79 Å². The van der Waals surface area contributed by atoms with Crippen molar-refractivity contribution in [1.82, 2.24) is 19.8 Å². The largest absolute Gasteiger partial charge is 0.465 e. The van der Waals surface area contributed by atoms with Crippen LogP contribution in [0.15, 0.2) is 47.1 Å². The molecule has 1 N–H and O–H groups in total. The van der Waals surface area contributed by atoms with Crippen molar-refractivity contribution in [3.8, 4) is 10.6 Å². The van der Waals surface area contributed by atoms with Gasteiger partial charge >= 0.3 is 0 Å². The molecule has 8 heteroatoms. The van der Waals surface area contributed by atoms with Crippen LogP contribution in [0.1, 0.15) is 17.1 Å². The number of aromatic nitrogens is 4. The fourth-order valence-corrected chi connectivity index (χ4v) is 3.32. The van der Waals surface area contributed by atoms with E-state index in [1.807, 2.05) is 32.0 Å². The number of carbonyl (C=O) groups is 1. The predicted octanol–water partition coefficient (Wildman–Crippen LogP) is 3.71. The number of benzene rings is 1. The van der Waals surface area contributed by atoms with Crippen LogP contribution in [0.2, 0.25) is 0 Å². The maximum Gasteiger partial charge on any atom is 0.248 e. The van der Waals surface area contributed by atoms with Crippen molar-refractivity contribution >= 4 is 34.0 Å². The highest BCUT2D eigenvalue weighted by Crippen LogP contribution is 2.29. The van der Waals surface area contributed by atoms with E-state index in [0.29, 0.717) is 5.76 Å². The minimum absolute atomic E-state index is 0.226. The van der Waals surface area contributed by atoms with E-state index >= 15 is 0 Å². The zero-order chi connectivity index (χ0) is 18.1. The third-order valence-electron chi connectivity index (χ3n) is 3.83. The normalized spacial score (nSPS) is 11.5. The van der Waals surface area contributed by atoms with Crippen LogP contribution in [-0.4, -0.2) is 25.7 Å². The molecular weight excluding hydrogens is 350 g/mol. The summed E-state index contributed by atoms with van der Waals surface area (Å²) in [4.78, 5) is 12.9. The maximum atomic E-state index is 12.2. The maximum absolute atomic E-state index is 12.2. The Kier molecular flexibility index (Phi) is 4.10. The average molecular weight is 365 g/mol. The van der Waals surface area contributed by atoms with Gasteiger partial charge in [-0.1, -0.05) is 23.5 Å². The van der Waals surface area contributed by atoms with Gasteiger partial charge in [-0.3, -0.25) is 4.79 Å². The average Bonchev–Trinajstić information content (AvgIpc) is 3.34. The number of amides is 1. The Morgan fingerprint density at radius 1 is 1.27 bits per heavy atom. The first-order valence-electron chi connectivity index (χ1n) is 7.92. The van der Waals surface area contributed by atoms with Crippen molar-refractivity contribution in [2.45, 2.75) is 13.8 Å². The summed E-state index contributed by atoms with van der Waals surface area (Å²) in [7, 11) is 0. The molecule has 130 valence electrons. The van der Waals surface area contributed by atoms with Crippen molar-refractivity contribution in [2.24, 2.45) is 0 Å². The second-order valence-electron chi connectivity index (χ2n) is 5.72. The van der Waals surface area contributed by atoms with E-state index in [1.54, 1.807) is 29.0 Å². The van der Waals surface area contributed by atoms with Crippen LogP contribution in [0.5, 0.6) is 0 Å². The summed E-state index contributed by atoms with van der Waals surface area (Å²) in [5.41, 5.74) is 2.61. The van der Waals surface area contributed by atoms with Crippen LogP contribution in [0, 0.1) is 13.8 Å². The van der Waals surface area contributed by atoms with Crippen LogP contribution in [0.3, 0.4) is 0 Å². The number of nitrogens with zero attached hydrogens (tertiary/aromatic N) is 4. The quantitative estimate of drug-likeness (QED) is 0.557. The fraction of sp³-hybridized carbons (Fsp3) is 0.111. The van der Waals surface area contributed by atoms with E-state index < -0.39 is 0 Å². The fourth-order valence-electron chi connectivity index (χ4n) is 2.44. The molecule has 4 aromatic rings. The van der Waals surface area contributed by atoms with E-state index in [4.69, 9.17) is 4.42 Å². The molecule has 0 saturated heterocycles. The second kappa shape index (κ2) is 6.57. The standard InChI is InChI=1S/C18H15N5O2S/c1-11-5-6-13(17-22-23-12(2)20-21-18(23)26-17)10-15(11)19-16(24)8-7-14-4-3-9-25-14/h3-10H,1-2H3,(H,19,24)/b8-7+. The van der Waals surface area contributed by atoms with Gasteiger partial charge in [0.05, 0.1) is 6.26 Å². The smallest absolute Gasteiger partial charge is 0.248 e. The topological polar surface area (TPSA) is 85.3 Å². The van der Waals surface area contributed by atoms with Gasteiger partial charge in [0.25, 0.3) is 0 Å².